The predicted octanol–water partition coefficient (Wildman–Crippen LogP) is 4.59. The van der Waals surface area contributed by atoms with E-state index in [1.165, 1.54) is 16.7 Å². The van der Waals surface area contributed by atoms with Crippen LogP contribution >= 0.6 is 24.0 Å². The van der Waals surface area contributed by atoms with Crippen molar-refractivity contribution in [1.82, 2.24) is 14.8 Å². The standard InChI is InChI=1S/C24H23N3O2S2/c28-22(26-15-5-4-12-20(26)19-11-7-14-25-16-19)17-27-23(29)21(31-24(27)30)13-6-10-18-8-2-1-3-9-18/h1-3,6-11,13-14,16,20H,4-5,12,15,17H2/b10-6+,21-13-/t20-/m1/s1. The molecular weight excluding hydrogens is 426 g/mol. The summed E-state index contributed by atoms with van der Waals surface area (Å²) < 4.78 is 0.424. The molecule has 2 fully saturated rings. The number of carbonyl (C=O) groups excluding carboxylic acids is 2. The third kappa shape index (κ3) is 5.11. The molecule has 0 radical (unpaired) electrons. The third-order valence-corrected chi connectivity index (χ3v) is 6.79. The van der Waals surface area contributed by atoms with Crippen LogP contribution in [0.15, 0.2) is 71.9 Å². The lowest BCUT2D eigenvalue weighted by Crippen LogP contribution is -2.45. The van der Waals surface area contributed by atoms with Crippen LogP contribution in [-0.2, 0) is 9.59 Å². The number of aromatic nitrogens is 1. The summed E-state index contributed by atoms with van der Waals surface area (Å²) >= 11 is 6.64. The maximum absolute atomic E-state index is 13.1. The fourth-order valence-electron chi connectivity index (χ4n) is 3.84. The molecule has 2 aliphatic rings. The first kappa shape index (κ1) is 21.5. The van der Waals surface area contributed by atoms with Gasteiger partial charge in [0.2, 0.25) is 5.91 Å². The maximum Gasteiger partial charge on any atom is 0.266 e. The lowest BCUT2D eigenvalue weighted by atomic mass is 9.96. The SMILES string of the molecule is O=C1/C(=C/C=C/c2ccccc2)SC(=S)N1CC(=O)N1CCCC[C@@H]1c1cccnc1. The third-order valence-electron chi connectivity index (χ3n) is 5.40. The van der Waals surface area contributed by atoms with Crippen molar-refractivity contribution in [3.63, 3.8) is 0 Å². The topological polar surface area (TPSA) is 53.5 Å². The molecule has 0 aliphatic carbocycles. The molecule has 5 nitrogen and oxygen atoms in total. The Morgan fingerprint density at radius 2 is 2.03 bits per heavy atom. The second kappa shape index (κ2) is 10.0. The molecule has 2 aromatic rings. The van der Waals surface area contributed by atoms with Crippen molar-refractivity contribution >= 4 is 46.2 Å². The van der Waals surface area contributed by atoms with Gasteiger partial charge in [-0.05, 0) is 42.5 Å². The van der Waals surface area contributed by atoms with Gasteiger partial charge in [0.05, 0.1) is 10.9 Å². The number of hydrogen-bond acceptors (Lipinski definition) is 5. The van der Waals surface area contributed by atoms with E-state index in [4.69, 9.17) is 12.2 Å². The van der Waals surface area contributed by atoms with Crippen LogP contribution in [0.5, 0.6) is 0 Å². The minimum Gasteiger partial charge on any atom is -0.334 e. The van der Waals surface area contributed by atoms with E-state index >= 15 is 0 Å². The van der Waals surface area contributed by atoms with Gasteiger partial charge in [0.1, 0.15) is 10.9 Å². The van der Waals surface area contributed by atoms with Crippen LogP contribution < -0.4 is 0 Å². The molecular formula is C24H23N3O2S2. The Labute approximate surface area is 191 Å². The molecule has 4 rings (SSSR count). The summed E-state index contributed by atoms with van der Waals surface area (Å²) in [6.07, 6.45) is 12.0. The van der Waals surface area contributed by atoms with Crippen molar-refractivity contribution in [1.29, 1.82) is 0 Å². The van der Waals surface area contributed by atoms with Crippen LogP contribution in [0.2, 0.25) is 0 Å². The van der Waals surface area contributed by atoms with E-state index in [9.17, 15) is 9.59 Å². The van der Waals surface area contributed by atoms with E-state index in [2.05, 4.69) is 4.98 Å². The van der Waals surface area contributed by atoms with Gasteiger partial charge in [-0.2, -0.15) is 0 Å². The van der Waals surface area contributed by atoms with Crippen molar-refractivity contribution in [3.8, 4) is 0 Å². The number of pyridine rings is 1. The minimum atomic E-state index is -0.212. The van der Waals surface area contributed by atoms with Gasteiger partial charge in [-0.3, -0.25) is 19.5 Å². The maximum atomic E-state index is 13.1. The first-order valence-corrected chi connectivity index (χ1v) is 11.5. The van der Waals surface area contributed by atoms with E-state index in [-0.39, 0.29) is 24.4 Å². The Morgan fingerprint density at radius 1 is 1.19 bits per heavy atom. The summed E-state index contributed by atoms with van der Waals surface area (Å²) in [6, 6.07) is 13.8. The Kier molecular flexibility index (Phi) is 6.94. The molecule has 0 unspecified atom stereocenters. The van der Waals surface area contributed by atoms with Crippen LogP contribution in [0.3, 0.4) is 0 Å². The van der Waals surface area contributed by atoms with E-state index in [1.54, 1.807) is 12.3 Å². The van der Waals surface area contributed by atoms with E-state index in [1.807, 2.05) is 65.7 Å². The van der Waals surface area contributed by atoms with Gasteiger partial charge < -0.3 is 4.90 Å². The summed E-state index contributed by atoms with van der Waals surface area (Å²) in [7, 11) is 0. The van der Waals surface area contributed by atoms with Crippen LogP contribution in [0, 0.1) is 0 Å². The molecule has 0 saturated carbocycles. The van der Waals surface area contributed by atoms with Crippen molar-refractivity contribution in [2.45, 2.75) is 25.3 Å². The lowest BCUT2D eigenvalue weighted by Gasteiger charge is -2.36. The van der Waals surface area contributed by atoms with Crippen molar-refractivity contribution in [2.24, 2.45) is 0 Å². The summed E-state index contributed by atoms with van der Waals surface area (Å²) in [5, 5.41) is 0. The first-order chi connectivity index (χ1) is 15.1. The van der Waals surface area contributed by atoms with Crippen molar-refractivity contribution in [2.75, 3.05) is 13.1 Å². The zero-order chi connectivity index (χ0) is 21.6. The van der Waals surface area contributed by atoms with E-state index in [0.29, 0.717) is 15.8 Å². The second-order valence-electron chi connectivity index (χ2n) is 7.45. The Bertz CT molecular complexity index is 1020. The number of hydrogen-bond donors (Lipinski definition) is 0. The normalized spacial score (nSPS) is 20.8. The quantitative estimate of drug-likeness (QED) is 0.494. The molecule has 158 valence electrons. The smallest absolute Gasteiger partial charge is 0.266 e. The average molecular weight is 450 g/mol. The summed E-state index contributed by atoms with van der Waals surface area (Å²) in [5.41, 5.74) is 2.09. The monoisotopic (exact) mass is 449 g/mol. The molecule has 2 saturated heterocycles. The summed E-state index contributed by atoms with van der Waals surface area (Å²) in [4.78, 5) is 34.0. The number of rotatable bonds is 5. The van der Waals surface area contributed by atoms with Gasteiger partial charge in [-0.1, -0.05) is 72.5 Å². The number of thioether (sulfide) groups is 1. The summed E-state index contributed by atoms with van der Waals surface area (Å²) in [5.74, 6) is -0.290. The number of carbonyl (C=O) groups is 2. The molecule has 3 heterocycles. The number of amides is 2. The van der Waals surface area contributed by atoms with Gasteiger partial charge in [0.15, 0.2) is 0 Å². The number of likely N-dealkylation sites (tertiary alicyclic amines) is 1. The number of nitrogens with zero attached hydrogens (tertiary/aromatic N) is 3. The zero-order valence-electron chi connectivity index (χ0n) is 17.0. The van der Waals surface area contributed by atoms with Crippen molar-refractivity contribution < 1.29 is 9.59 Å². The highest BCUT2D eigenvalue weighted by Crippen LogP contribution is 2.33. The van der Waals surface area contributed by atoms with Crippen molar-refractivity contribution in [3.05, 3.63) is 83.0 Å². The minimum absolute atomic E-state index is 0.00213. The van der Waals surface area contributed by atoms with Gasteiger partial charge in [-0.15, -0.1) is 0 Å². The zero-order valence-corrected chi connectivity index (χ0v) is 18.6. The molecule has 1 atom stereocenters. The number of allylic oxidation sites excluding steroid dienone is 2. The molecule has 2 aliphatic heterocycles. The number of thiocarbonyl (C=S) groups is 1. The fourth-order valence-corrected chi connectivity index (χ4v) is 5.04. The highest BCUT2D eigenvalue weighted by Gasteiger charge is 2.36. The predicted molar refractivity (Wildman–Crippen MR) is 128 cm³/mol. The van der Waals surface area contributed by atoms with Crippen LogP contribution in [0.4, 0.5) is 0 Å². The second-order valence-corrected chi connectivity index (χ2v) is 9.12. The molecule has 7 heteroatoms. The Hall–Kier alpha value is -2.77. The van der Waals surface area contributed by atoms with Gasteiger partial charge in [-0.25, -0.2) is 0 Å². The molecule has 0 spiro atoms. The van der Waals surface area contributed by atoms with Gasteiger partial charge in [0.25, 0.3) is 5.91 Å². The Balaban J connectivity index is 1.44. The van der Waals surface area contributed by atoms with E-state index in [0.717, 1.165) is 30.4 Å². The molecule has 0 N–H and O–H groups in total. The molecule has 31 heavy (non-hydrogen) atoms. The number of benzene rings is 1. The number of piperidine rings is 1. The van der Waals surface area contributed by atoms with Crippen LogP contribution in [0.25, 0.3) is 6.08 Å². The highest BCUT2D eigenvalue weighted by atomic mass is 32.2. The Morgan fingerprint density at radius 3 is 2.81 bits per heavy atom. The average Bonchev–Trinajstić information content (AvgIpc) is 3.08. The first-order valence-electron chi connectivity index (χ1n) is 10.3. The largest absolute Gasteiger partial charge is 0.334 e. The van der Waals surface area contributed by atoms with Crippen LogP contribution in [0.1, 0.15) is 36.4 Å². The van der Waals surface area contributed by atoms with Gasteiger partial charge >= 0.3 is 0 Å². The molecule has 2 amide bonds. The fraction of sp³-hybridized carbons (Fsp3) is 0.250. The molecule has 0 bridgehead atoms. The van der Waals surface area contributed by atoms with Gasteiger partial charge in [0, 0.05) is 18.9 Å². The van der Waals surface area contributed by atoms with Crippen LogP contribution in [-0.4, -0.2) is 44.0 Å². The highest BCUT2D eigenvalue weighted by molar-refractivity contribution is 8.26. The van der Waals surface area contributed by atoms with E-state index < -0.39 is 0 Å². The lowest BCUT2D eigenvalue weighted by molar-refractivity contribution is -0.138. The molecule has 1 aromatic heterocycles. The molecule has 1 aromatic carbocycles. The summed E-state index contributed by atoms with van der Waals surface area (Å²) in [6.45, 7) is 0.657.